The van der Waals surface area contributed by atoms with E-state index in [2.05, 4.69) is 0 Å². The summed E-state index contributed by atoms with van der Waals surface area (Å²) in [7, 11) is 1.55. The first-order valence-electron chi connectivity index (χ1n) is 8.55. The Hall–Kier alpha value is -2.28. The second-order valence-electron chi connectivity index (χ2n) is 7.44. The Morgan fingerprint density at radius 2 is 2.20 bits per heavy atom. The van der Waals surface area contributed by atoms with Crippen LogP contribution in [0.5, 0.6) is 11.5 Å². The number of methoxy groups -OCH3 is 1. The molecule has 2 bridgehead atoms. The Morgan fingerprint density at radius 1 is 1.40 bits per heavy atom. The number of carbonyl (C=O) groups excluding carboxylic acids is 1. The van der Waals surface area contributed by atoms with Gasteiger partial charge in [0.2, 0.25) is 0 Å². The average molecular weight is 345 g/mol. The first-order valence-corrected chi connectivity index (χ1v) is 8.55. The van der Waals surface area contributed by atoms with Gasteiger partial charge in [0.1, 0.15) is 0 Å². The number of hydrogen-bond acceptors (Lipinski definition) is 5. The molecule has 2 N–H and O–H groups in total. The topological polar surface area (TPSA) is 96.3 Å². The highest BCUT2D eigenvalue weighted by atomic mass is 16.5. The minimum Gasteiger partial charge on any atom is -0.493 e. The zero-order chi connectivity index (χ0) is 17.6. The van der Waals surface area contributed by atoms with Gasteiger partial charge in [-0.3, -0.25) is 4.79 Å². The summed E-state index contributed by atoms with van der Waals surface area (Å²) in [4.78, 5) is 25.7. The fourth-order valence-electron chi connectivity index (χ4n) is 5.71. The molecule has 1 amide bonds. The molecule has 2 aliphatic carbocycles. The summed E-state index contributed by atoms with van der Waals surface area (Å²) in [5.41, 5.74) is -0.384. The third-order valence-electron chi connectivity index (χ3n) is 6.71. The third kappa shape index (κ3) is 1.47. The molecule has 7 heteroatoms. The van der Waals surface area contributed by atoms with Crippen LogP contribution in [0.25, 0.3) is 0 Å². The van der Waals surface area contributed by atoms with Crippen molar-refractivity contribution >= 4 is 11.9 Å². The number of aliphatic hydroxyl groups is 1. The average Bonchev–Trinajstić information content (AvgIpc) is 2.92. The quantitative estimate of drug-likeness (QED) is 0.791. The van der Waals surface area contributed by atoms with Gasteiger partial charge < -0.3 is 24.6 Å². The van der Waals surface area contributed by atoms with Crippen molar-refractivity contribution in [3.8, 4) is 11.5 Å². The van der Waals surface area contributed by atoms with Crippen molar-refractivity contribution < 1.29 is 29.3 Å². The van der Waals surface area contributed by atoms with Gasteiger partial charge >= 0.3 is 6.09 Å². The SMILES string of the molecule is COc1ccc2c3c1O[C@H]1C(=O)CC[C@@]4(O)[C@@H](C2)N(C(=O)O)CC[C@]314. The van der Waals surface area contributed by atoms with Gasteiger partial charge in [0.25, 0.3) is 0 Å². The fourth-order valence-corrected chi connectivity index (χ4v) is 5.71. The van der Waals surface area contributed by atoms with Gasteiger partial charge in [0.05, 0.1) is 24.2 Å². The molecule has 4 aliphatic rings. The van der Waals surface area contributed by atoms with E-state index in [0.717, 1.165) is 11.1 Å². The normalized spacial score (nSPS) is 37.4. The predicted octanol–water partition coefficient (Wildman–Crippen LogP) is 1.10. The summed E-state index contributed by atoms with van der Waals surface area (Å²) < 4.78 is 11.5. The van der Waals surface area contributed by atoms with Crippen LogP contribution < -0.4 is 9.47 Å². The summed E-state index contributed by atoms with van der Waals surface area (Å²) in [6.45, 7) is 0.283. The summed E-state index contributed by atoms with van der Waals surface area (Å²) in [6.07, 6.45) is -0.556. The monoisotopic (exact) mass is 345 g/mol. The van der Waals surface area contributed by atoms with E-state index < -0.39 is 29.3 Å². The molecule has 1 saturated heterocycles. The molecule has 1 aromatic rings. The minimum absolute atomic E-state index is 0.0293. The van der Waals surface area contributed by atoms with Crippen LogP contribution in [0.3, 0.4) is 0 Å². The van der Waals surface area contributed by atoms with Crippen molar-refractivity contribution in [3.05, 3.63) is 23.3 Å². The maximum atomic E-state index is 12.7. The van der Waals surface area contributed by atoms with E-state index in [1.54, 1.807) is 13.2 Å². The Bertz CT molecular complexity index is 822. The number of likely N-dealkylation sites (tertiary alicyclic amines) is 1. The zero-order valence-electron chi connectivity index (χ0n) is 13.8. The first kappa shape index (κ1) is 15.0. The lowest BCUT2D eigenvalue weighted by atomic mass is 9.49. The number of rotatable bonds is 1. The van der Waals surface area contributed by atoms with Crippen LogP contribution in [0.15, 0.2) is 12.1 Å². The molecule has 0 unspecified atom stereocenters. The molecule has 1 aromatic carbocycles. The Kier molecular flexibility index (Phi) is 2.68. The number of piperidine rings is 1. The van der Waals surface area contributed by atoms with E-state index in [4.69, 9.17) is 9.47 Å². The lowest BCUT2D eigenvalue weighted by Gasteiger charge is -2.61. The van der Waals surface area contributed by atoms with Gasteiger partial charge in [-0.25, -0.2) is 4.79 Å². The highest BCUT2D eigenvalue weighted by molar-refractivity contribution is 5.90. The molecule has 132 valence electrons. The number of Topliss-reactive ketones (excluding diaryl/α,β-unsaturated/α-hetero) is 1. The van der Waals surface area contributed by atoms with Crippen molar-refractivity contribution in [2.24, 2.45) is 0 Å². The summed E-state index contributed by atoms with van der Waals surface area (Å²) in [5.74, 6) is 1.07. The van der Waals surface area contributed by atoms with Crippen molar-refractivity contribution in [1.82, 2.24) is 4.90 Å². The lowest BCUT2D eigenvalue weighted by Crippen LogP contribution is -2.77. The predicted molar refractivity (Wildman–Crippen MR) is 85.1 cm³/mol. The largest absolute Gasteiger partial charge is 0.493 e. The van der Waals surface area contributed by atoms with Gasteiger partial charge in [-0.05, 0) is 30.9 Å². The van der Waals surface area contributed by atoms with Crippen LogP contribution in [0.2, 0.25) is 0 Å². The maximum Gasteiger partial charge on any atom is 0.407 e. The van der Waals surface area contributed by atoms with Crippen LogP contribution in [-0.4, -0.2) is 58.4 Å². The Labute approximate surface area is 144 Å². The molecule has 25 heavy (non-hydrogen) atoms. The molecule has 4 atom stereocenters. The molecule has 2 aliphatic heterocycles. The molecule has 5 rings (SSSR count). The van der Waals surface area contributed by atoms with Gasteiger partial charge in [0.15, 0.2) is 23.4 Å². The molecule has 7 nitrogen and oxygen atoms in total. The second kappa shape index (κ2) is 4.46. The molecular weight excluding hydrogens is 326 g/mol. The van der Waals surface area contributed by atoms with Gasteiger partial charge in [-0.15, -0.1) is 0 Å². The van der Waals surface area contributed by atoms with Crippen molar-refractivity contribution in [2.45, 2.75) is 48.8 Å². The third-order valence-corrected chi connectivity index (χ3v) is 6.71. The lowest BCUT2D eigenvalue weighted by molar-refractivity contribution is -0.183. The van der Waals surface area contributed by atoms with E-state index in [-0.39, 0.29) is 25.2 Å². The molecular formula is C18H19NO6. The number of carbonyl (C=O) groups is 2. The van der Waals surface area contributed by atoms with Crippen LogP contribution in [-0.2, 0) is 16.6 Å². The molecule has 0 aromatic heterocycles. The number of amides is 1. The molecule has 2 fully saturated rings. The fraction of sp³-hybridized carbons (Fsp3) is 0.556. The highest BCUT2D eigenvalue weighted by Crippen LogP contribution is 2.64. The van der Waals surface area contributed by atoms with E-state index in [1.165, 1.54) is 4.90 Å². The minimum atomic E-state index is -1.30. The van der Waals surface area contributed by atoms with Crippen LogP contribution in [0.1, 0.15) is 30.4 Å². The number of benzene rings is 1. The summed E-state index contributed by atoms with van der Waals surface area (Å²) in [5, 5.41) is 21.3. The number of hydrogen-bond donors (Lipinski definition) is 2. The number of ether oxygens (including phenoxy) is 2. The maximum absolute atomic E-state index is 12.7. The van der Waals surface area contributed by atoms with E-state index in [0.29, 0.717) is 24.3 Å². The van der Waals surface area contributed by atoms with E-state index in [1.807, 2.05) is 6.07 Å². The molecule has 1 saturated carbocycles. The van der Waals surface area contributed by atoms with Crippen LogP contribution >= 0.6 is 0 Å². The molecule has 2 heterocycles. The second-order valence-corrected chi connectivity index (χ2v) is 7.44. The van der Waals surface area contributed by atoms with Crippen molar-refractivity contribution in [2.75, 3.05) is 13.7 Å². The van der Waals surface area contributed by atoms with Crippen molar-refractivity contribution in [1.29, 1.82) is 0 Å². The van der Waals surface area contributed by atoms with Crippen LogP contribution in [0, 0.1) is 0 Å². The Morgan fingerprint density at radius 3 is 2.92 bits per heavy atom. The molecule has 0 radical (unpaired) electrons. The van der Waals surface area contributed by atoms with Gasteiger partial charge in [-0.1, -0.05) is 6.07 Å². The van der Waals surface area contributed by atoms with Crippen molar-refractivity contribution in [3.63, 3.8) is 0 Å². The number of carboxylic acid groups (broad SMARTS) is 1. The number of nitrogens with zero attached hydrogens (tertiary/aromatic N) is 1. The van der Waals surface area contributed by atoms with Gasteiger partial charge in [0, 0.05) is 18.5 Å². The molecule has 1 spiro atoms. The standard InChI is InChI=1S/C18H19NO6/c1-24-11-3-2-9-8-12-18(23)5-4-10(20)15-17(18,13(9)14(11)25-15)6-7-19(12)16(21)22/h2-3,12,15,23H,4-8H2,1H3,(H,21,22)/t12-,15+,17+,18-/m1/s1. The smallest absolute Gasteiger partial charge is 0.407 e. The van der Waals surface area contributed by atoms with Gasteiger partial charge in [-0.2, -0.15) is 0 Å². The number of ketones is 1. The highest BCUT2D eigenvalue weighted by Gasteiger charge is 2.73. The summed E-state index contributed by atoms with van der Waals surface area (Å²) >= 11 is 0. The van der Waals surface area contributed by atoms with E-state index >= 15 is 0 Å². The van der Waals surface area contributed by atoms with Crippen LogP contribution in [0.4, 0.5) is 4.79 Å². The van der Waals surface area contributed by atoms with E-state index in [9.17, 15) is 19.8 Å². The first-order chi connectivity index (χ1) is 11.9. The zero-order valence-corrected chi connectivity index (χ0v) is 13.8. The summed E-state index contributed by atoms with van der Waals surface area (Å²) in [6, 6.07) is 3.13. The Balaban J connectivity index is 1.82.